The van der Waals surface area contributed by atoms with E-state index in [9.17, 15) is 0 Å². The molecule has 0 aromatic carbocycles. The highest BCUT2D eigenvalue weighted by Crippen LogP contribution is 2.44. The first-order valence-corrected chi connectivity index (χ1v) is 10.4. The summed E-state index contributed by atoms with van der Waals surface area (Å²) in [6.45, 7) is 9.08. The fourth-order valence-electron chi connectivity index (χ4n) is 3.74. The lowest BCUT2D eigenvalue weighted by molar-refractivity contribution is 0.0776. The quantitative estimate of drug-likeness (QED) is 0.359. The highest BCUT2D eigenvalue weighted by Gasteiger charge is 2.36. The third kappa shape index (κ3) is 5.48. The smallest absolute Gasteiger partial charge is 0.194 e. The molecule has 5 nitrogen and oxygen atoms in total. The van der Waals surface area contributed by atoms with E-state index in [1.807, 2.05) is 11.3 Å². The van der Waals surface area contributed by atoms with E-state index in [1.54, 1.807) is 7.11 Å². The second kappa shape index (κ2) is 10.7. The summed E-state index contributed by atoms with van der Waals surface area (Å²) in [5.41, 5.74) is 0.384. The zero-order valence-corrected chi connectivity index (χ0v) is 19.2. The summed E-state index contributed by atoms with van der Waals surface area (Å²) in [6, 6.07) is 4.35. The summed E-state index contributed by atoms with van der Waals surface area (Å²) >= 11 is 1.83. The lowest BCUT2D eigenvalue weighted by Gasteiger charge is -2.42. The Morgan fingerprint density at radius 2 is 2.08 bits per heavy atom. The number of nitrogens with one attached hydrogen (secondary N) is 1. The van der Waals surface area contributed by atoms with Crippen molar-refractivity contribution in [3.05, 3.63) is 17.5 Å². The average molecular weight is 492 g/mol. The molecule has 2 aliphatic rings. The van der Waals surface area contributed by atoms with Gasteiger partial charge in [0.2, 0.25) is 0 Å². The second-order valence-corrected chi connectivity index (χ2v) is 8.12. The number of nitrogens with zero attached hydrogens (tertiary/aromatic N) is 3. The summed E-state index contributed by atoms with van der Waals surface area (Å²) in [6.07, 6.45) is 5.07. The van der Waals surface area contributed by atoms with E-state index in [1.165, 1.54) is 24.3 Å². The summed E-state index contributed by atoms with van der Waals surface area (Å²) in [5, 5.41) is 7.05. The molecule has 0 atom stereocenters. The van der Waals surface area contributed by atoms with E-state index in [4.69, 9.17) is 9.73 Å². The molecule has 1 aromatic rings. The van der Waals surface area contributed by atoms with Gasteiger partial charge in [-0.15, -0.1) is 35.3 Å². The van der Waals surface area contributed by atoms with Gasteiger partial charge in [-0.3, -0.25) is 4.99 Å². The van der Waals surface area contributed by atoms with Crippen molar-refractivity contribution in [2.24, 2.45) is 10.4 Å². The molecule has 1 aliphatic carbocycles. The van der Waals surface area contributed by atoms with E-state index >= 15 is 0 Å². The Balaban J connectivity index is 0.00000243. The number of thiophene rings is 1. The molecule has 7 heteroatoms. The topological polar surface area (TPSA) is 40.1 Å². The fourth-order valence-corrected chi connectivity index (χ4v) is 4.52. The van der Waals surface area contributed by atoms with E-state index in [0.717, 1.165) is 58.3 Å². The molecule has 148 valence electrons. The monoisotopic (exact) mass is 492 g/mol. The van der Waals surface area contributed by atoms with Gasteiger partial charge in [0.1, 0.15) is 0 Å². The third-order valence-corrected chi connectivity index (χ3v) is 6.48. The summed E-state index contributed by atoms with van der Waals surface area (Å²) in [7, 11) is 1.80. The number of methoxy groups -OCH3 is 1. The number of piperazine rings is 1. The molecule has 2 heterocycles. The van der Waals surface area contributed by atoms with Crippen molar-refractivity contribution in [1.82, 2.24) is 10.2 Å². The highest BCUT2D eigenvalue weighted by atomic mass is 127. The van der Waals surface area contributed by atoms with Crippen molar-refractivity contribution in [3.63, 3.8) is 0 Å². The van der Waals surface area contributed by atoms with Crippen LogP contribution in [0, 0.1) is 5.41 Å². The average Bonchev–Trinajstić information content (AvgIpc) is 3.14. The van der Waals surface area contributed by atoms with Crippen LogP contribution in [0.4, 0.5) is 5.00 Å². The van der Waals surface area contributed by atoms with Crippen LogP contribution in [0.3, 0.4) is 0 Å². The van der Waals surface area contributed by atoms with Crippen LogP contribution >= 0.6 is 35.3 Å². The molecule has 0 spiro atoms. The maximum Gasteiger partial charge on any atom is 0.194 e. The van der Waals surface area contributed by atoms with Crippen molar-refractivity contribution >= 4 is 46.3 Å². The van der Waals surface area contributed by atoms with Gasteiger partial charge in [-0.1, -0.05) is 6.42 Å². The summed E-state index contributed by atoms with van der Waals surface area (Å²) in [4.78, 5) is 9.94. The molecule has 1 aliphatic heterocycles. The Morgan fingerprint density at radius 1 is 1.31 bits per heavy atom. The molecule has 1 aromatic heterocycles. The molecular weight excluding hydrogens is 459 g/mol. The van der Waals surface area contributed by atoms with Gasteiger partial charge in [0.15, 0.2) is 5.96 Å². The van der Waals surface area contributed by atoms with Gasteiger partial charge in [0, 0.05) is 53.0 Å². The molecule has 3 rings (SSSR count). The zero-order chi connectivity index (χ0) is 17.5. The molecule has 0 amide bonds. The van der Waals surface area contributed by atoms with Crippen LogP contribution in [0.15, 0.2) is 22.5 Å². The van der Waals surface area contributed by atoms with Crippen molar-refractivity contribution in [3.8, 4) is 0 Å². The van der Waals surface area contributed by atoms with Crippen LogP contribution in [0.25, 0.3) is 0 Å². The molecular formula is C19H33IN4OS. The Kier molecular flexibility index (Phi) is 8.96. The lowest BCUT2D eigenvalue weighted by atomic mass is 9.67. The van der Waals surface area contributed by atoms with Crippen molar-refractivity contribution < 1.29 is 4.74 Å². The predicted molar refractivity (Wildman–Crippen MR) is 122 cm³/mol. The molecule has 1 saturated carbocycles. The molecule has 0 unspecified atom stereocenters. The first-order chi connectivity index (χ1) is 12.3. The Labute approximate surface area is 179 Å². The number of hydrogen-bond acceptors (Lipinski definition) is 4. The van der Waals surface area contributed by atoms with Gasteiger partial charge in [0.25, 0.3) is 0 Å². The first-order valence-electron chi connectivity index (χ1n) is 9.57. The highest BCUT2D eigenvalue weighted by molar-refractivity contribution is 14.0. The standard InChI is InChI=1S/C19H32N4OS.HI/c1-3-20-18(21-16-19(7-5-8-19)9-14-24-2)23-12-10-22(11-13-23)17-6-4-15-25-17;/h4,6,15H,3,5,7-14,16H2,1-2H3,(H,20,21);1H. The predicted octanol–water partition coefficient (Wildman–Crippen LogP) is 3.66. The van der Waals surface area contributed by atoms with E-state index in [2.05, 4.69) is 39.6 Å². The lowest BCUT2D eigenvalue weighted by Crippen LogP contribution is -2.52. The number of rotatable bonds is 7. The normalized spacial score (nSPS) is 19.7. The maximum absolute atomic E-state index is 5.31. The van der Waals surface area contributed by atoms with Crippen LogP contribution in [0.2, 0.25) is 0 Å². The molecule has 1 N–H and O–H groups in total. The minimum atomic E-state index is 0. The van der Waals surface area contributed by atoms with Crippen LogP contribution < -0.4 is 10.2 Å². The van der Waals surface area contributed by atoms with Crippen molar-refractivity contribution in [1.29, 1.82) is 0 Å². The van der Waals surface area contributed by atoms with Gasteiger partial charge < -0.3 is 19.9 Å². The summed E-state index contributed by atoms with van der Waals surface area (Å²) < 4.78 is 5.31. The van der Waals surface area contributed by atoms with Gasteiger partial charge in [-0.2, -0.15) is 0 Å². The Bertz CT molecular complexity index is 540. The number of ether oxygens (including phenoxy) is 1. The minimum absolute atomic E-state index is 0. The van der Waals surface area contributed by atoms with E-state index in [-0.39, 0.29) is 24.0 Å². The van der Waals surface area contributed by atoms with Gasteiger partial charge in [0.05, 0.1) is 5.00 Å². The van der Waals surface area contributed by atoms with Gasteiger partial charge in [-0.25, -0.2) is 0 Å². The van der Waals surface area contributed by atoms with Crippen LogP contribution in [0.5, 0.6) is 0 Å². The molecule has 2 fully saturated rings. The zero-order valence-electron chi connectivity index (χ0n) is 16.1. The molecule has 1 saturated heterocycles. The number of anilines is 1. The number of aliphatic imine (C=N–C) groups is 1. The number of halogens is 1. The van der Waals surface area contributed by atoms with Crippen LogP contribution in [-0.4, -0.2) is 63.8 Å². The molecule has 0 bridgehead atoms. The van der Waals surface area contributed by atoms with Crippen LogP contribution in [0.1, 0.15) is 32.6 Å². The Morgan fingerprint density at radius 3 is 2.62 bits per heavy atom. The largest absolute Gasteiger partial charge is 0.385 e. The third-order valence-electron chi connectivity index (χ3n) is 5.55. The van der Waals surface area contributed by atoms with E-state index < -0.39 is 0 Å². The summed E-state index contributed by atoms with van der Waals surface area (Å²) in [5.74, 6) is 1.09. The maximum atomic E-state index is 5.31. The van der Waals surface area contributed by atoms with Gasteiger partial charge in [-0.05, 0) is 49.1 Å². The Hall–Kier alpha value is -0.540. The molecule has 0 radical (unpaired) electrons. The second-order valence-electron chi connectivity index (χ2n) is 7.19. The fraction of sp³-hybridized carbons (Fsp3) is 0.737. The van der Waals surface area contributed by atoms with E-state index in [0.29, 0.717) is 5.41 Å². The number of guanidine groups is 1. The van der Waals surface area contributed by atoms with Crippen molar-refractivity contribution in [2.45, 2.75) is 32.6 Å². The van der Waals surface area contributed by atoms with Crippen molar-refractivity contribution in [2.75, 3.05) is 57.9 Å². The number of hydrogen-bond donors (Lipinski definition) is 1. The SMILES string of the molecule is CCNC(=NCC1(CCOC)CCC1)N1CCN(c2cccs2)CC1.I. The van der Waals surface area contributed by atoms with Gasteiger partial charge >= 0.3 is 0 Å². The van der Waals surface area contributed by atoms with Crippen LogP contribution in [-0.2, 0) is 4.74 Å². The molecule has 26 heavy (non-hydrogen) atoms. The first kappa shape index (κ1) is 21.8. The minimum Gasteiger partial charge on any atom is -0.385 e.